The van der Waals surface area contributed by atoms with Crippen LogP contribution in [0.2, 0.25) is 0 Å². The first-order valence-electron chi connectivity index (χ1n) is 8.95. The fraction of sp³-hybridized carbons (Fsp3) is 0.316. The van der Waals surface area contributed by atoms with E-state index in [-0.39, 0.29) is 17.8 Å². The van der Waals surface area contributed by atoms with Crippen molar-refractivity contribution >= 4 is 33.0 Å². The zero-order valence-electron chi connectivity index (χ0n) is 16.4. The van der Waals surface area contributed by atoms with E-state index < -0.39 is 26.9 Å². The second-order valence-corrected chi connectivity index (χ2v) is 8.07. The van der Waals surface area contributed by atoms with Crippen molar-refractivity contribution in [3.63, 3.8) is 0 Å². The van der Waals surface area contributed by atoms with Crippen LogP contribution in [-0.2, 0) is 14.8 Å². The van der Waals surface area contributed by atoms with Crippen molar-refractivity contribution in [3.05, 3.63) is 58.6 Å². The van der Waals surface area contributed by atoms with Gasteiger partial charge in [0.2, 0.25) is 15.9 Å². The number of anilines is 2. The summed E-state index contributed by atoms with van der Waals surface area (Å²) >= 11 is 0. The molecule has 0 saturated carbocycles. The van der Waals surface area contributed by atoms with Gasteiger partial charge in [0.05, 0.1) is 23.5 Å². The van der Waals surface area contributed by atoms with E-state index in [2.05, 4.69) is 5.32 Å². The van der Waals surface area contributed by atoms with Gasteiger partial charge < -0.3 is 10.1 Å². The Bertz CT molecular complexity index is 993. The van der Waals surface area contributed by atoms with Crippen LogP contribution in [0.4, 0.5) is 17.1 Å². The molecule has 0 aliphatic rings. The number of rotatable bonds is 9. The average Bonchev–Trinajstić information content (AvgIpc) is 2.65. The van der Waals surface area contributed by atoms with Crippen molar-refractivity contribution in [2.45, 2.75) is 26.3 Å². The van der Waals surface area contributed by atoms with E-state index in [4.69, 9.17) is 4.74 Å². The number of hydrogen-bond donors (Lipinski definition) is 1. The van der Waals surface area contributed by atoms with E-state index in [0.717, 1.165) is 16.6 Å². The predicted molar refractivity (Wildman–Crippen MR) is 111 cm³/mol. The molecule has 10 heteroatoms. The second-order valence-electron chi connectivity index (χ2n) is 6.21. The molecule has 0 saturated heterocycles. The minimum Gasteiger partial charge on any atom is -0.494 e. The van der Waals surface area contributed by atoms with E-state index in [0.29, 0.717) is 18.0 Å². The van der Waals surface area contributed by atoms with Crippen LogP contribution in [0.3, 0.4) is 0 Å². The Balaban J connectivity index is 2.38. The van der Waals surface area contributed by atoms with Crippen molar-refractivity contribution in [1.29, 1.82) is 0 Å². The number of amides is 1. The molecule has 0 aliphatic carbocycles. The summed E-state index contributed by atoms with van der Waals surface area (Å²) in [7, 11) is -3.90. The number of nitro groups is 1. The number of nitro benzene ring substituents is 1. The molecule has 0 aliphatic heterocycles. The van der Waals surface area contributed by atoms with Crippen molar-refractivity contribution < 1.29 is 22.9 Å². The molecule has 0 heterocycles. The Morgan fingerprint density at radius 2 is 1.90 bits per heavy atom. The van der Waals surface area contributed by atoms with Crippen LogP contribution in [0.5, 0.6) is 5.75 Å². The van der Waals surface area contributed by atoms with Gasteiger partial charge in [-0.05, 0) is 31.5 Å². The zero-order chi connectivity index (χ0) is 21.6. The molecule has 156 valence electrons. The highest BCUT2D eigenvalue weighted by Crippen LogP contribution is 2.27. The van der Waals surface area contributed by atoms with E-state index in [1.165, 1.54) is 18.2 Å². The summed E-state index contributed by atoms with van der Waals surface area (Å²) in [5, 5.41) is 13.8. The molecule has 1 atom stereocenters. The minimum atomic E-state index is -3.90. The lowest BCUT2D eigenvalue weighted by Gasteiger charge is -2.30. The molecule has 2 aromatic carbocycles. The molecule has 0 spiro atoms. The van der Waals surface area contributed by atoms with Crippen LogP contribution >= 0.6 is 0 Å². The Labute approximate surface area is 169 Å². The third kappa shape index (κ3) is 5.67. The summed E-state index contributed by atoms with van der Waals surface area (Å²) in [6.07, 6.45) is 1.12. The smallest absolute Gasteiger partial charge is 0.271 e. The molecular weight excluding hydrogens is 398 g/mol. The standard InChI is InChI=1S/C19H23N3O6S/c1-4-18(19(23)20-14-8-6-11-17(12-14)28-5-2)21(29(3,26)27)15-9-7-10-16(13-15)22(24)25/h6-13,18H,4-5H2,1-3H3,(H,20,23)/t18-/m1/s1. The van der Waals surface area contributed by atoms with E-state index >= 15 is 0 Å². The van der Waals surface area contributed by atoms with Crippen molar-refractivity contribution in [2.24, 2.45) is 0 Å². The fourth-order valence-corrected chi connectivity index (χ4v) is 4.06. The highest BCUT2D eigenvalue weighted by molar-refractivity contribution is 7.92. The predicted octanol–water partition coefficient (Wildman–Crippen LogP) is 3.18. The topological polar surface area (TPSA) is 119 Å². The molecule has 0 bridgehead atoms. The Kier molecular flexibility index (Phi) is 7.16. The molecule has 1 amide bonds. The number of ether oxygens (including phenoxy) is 1. The molecule has 9 nitrogen and oxygen atoms in total. The summed E-state index contributed by atoms with van der Waals surface area (Å²) in [5.41, 5.74) is 0.231. The number of hydrogen-bond acceptors (Lipinski definition) is 6. The molecule has 1 N–H and O–H groups in total. The van der Waals surface area contributed by atoms with E-state index in [1.54, 1.807) is 31.2 Å². The molecule has 2 aromatic rings. The zero-order valence-corrected chi connectivity index (χ0v) is 17.2. The van der Waals surface area contributed by atoms with Crippen molar-refractivity contribution in [3.8, 4) is 5.75 Å². The summed E-state index contributed by atoms with van der Waals surface area (Å²) in [5.74, 6) is 0.00933. The minimum absolute atomic E-state index is 0.0479. The monoisotopic (exact) mass is 421 g/mol. The number of nitrogens with zero attached hydrogens (tertiary/aromatic N) is 2. The number of non-ortho nitro benzene ring substituents is 1. The summed E-state index contributed by atoms with van der Waals surface area (Å²) in [6.45, 7) is 3.96. The maximum absolute atomic E-state index is 12.9. The molecule has 29 heavy (non-hydrogen) atoms. The molecule has 0 aromatic heterocycles. The normalized spacial score (nSPS) is 12.1. The molecule has 2 rings (SSSR count). The van der Waals surface area contributed by atoms with Gasteiger partial charge in [-0.3, -0.25) is 19.2 Å². The first-order valence-corrected chi connectivity index (χ1v) is 10.8. The SMILES string of the molecule is CCOc1cccc(NC(=O)[C@@H](CC)N(c2cccc([N+](=O)[O-])c2)S(C)(=O)=O)c1. The van der Waals surface area contributed by atoms with Gasteiger partial charge in [-0.1, -0.05) is 19.1 Å². The van der Waals surface area contributed by atoms with Crippen molar-refractivity contribution in [2.75, 3.05) is 22.5 Å². The van der Waals surface area contributed by atoms with Crippen LogP contribution in [0.1, 0.15) is 20.3 Å². The molecule has 0 fully saturated rings. The van der Waals surface area contributed by atoms with Crippen LogP contribution < -0.4 is 14.4 Å². The van der Waals surface area contributed by atoms with E-state index in [9.17, 15) is 23.3 Å². The number of benzene rings is 2. The third-order valence-electron chi connectivity index (χ3n) is 4.04. The quantitative estimate of drug-likeness (QED) is 0.491. The lowest BCUT2D eigenvalue weighted by Crippen LogP contribution is -2.47. The first kappa shape index (κ1) is 22.2. The van der Waals surface area contributed by atoms with Crippen LogP contribution in [0.15, 0.2) is 48.5 Å². The maximum Gasteiger partial charge on any atom is 0.271 e. The Morgan fingerprint density at radius 1 is 1.21 bits per heavy atom. The molecular formula is C19H23N3O6S. The highest BCUT2D eigenvalue weighted by Gasteiger charge is 2.32. The van der Waals surface area contributed by atoms with Gasteiger partial charge in [-0.15, -0.1) is 0 Å². The fourth-order valence-electron chi connectivity index (χ4n) is 2.86. The first-order chi connectivity index (χ1) is 13.7. The second kappa shape index (κ2) is 9.37. The summed E-state index contributed by atoms with van der Waals surface area (Å²) in [6, 6.07) is 10.8. The Morgan fingerprint density at radius 3 is 2.48 bits per heavy atom. The lowest BCUT2D eigenvalue weighted by molar-refractivity contribution is -0.384. The van der Waals surface area contributed by atoms with Crippen LogP contribution in [-0.4, -0.2) is 38.2 Å². The summed E-state index contributed by atoms with van der Waals surface area (Å²) < 4.78 is 31.2. The Hall–Kier alpha value is -3.14. The number of carbonyl (C=O) groups excluding carboxylic acids is 1. The van der Waals surface area contributed by atoms with Gasteiger partial charge >= 0.3 is 0 Å². The van der Waals surface area contributed by atoms with Gasteiger partial charge in [0.25, 0.3) is 5.69 Å². The number of nitrogens with one attached hydrogen (secondary N) is 1. The van der Waals surface area contributed by atoms with Gasteiger partial charge in [0.15, 0.2) is 0 Å². The van der Waals surface area contributed by atoms with Gasteiger partial charge in [0.1, 0.15) is 11.8 Å². The van der Waals surface area contributed by atoms with Crippen molar-refractivity contribution in [1.82, 2.24) is 0 Å². The van der Waals surface area contributed by atoms with Crippen LogP contribution in [0.25, 0.3) is 0 Å². The van der Waals surface area contributed by atoms with Gasteiger partial charge in [0, 0.05) is 23.9 Å². The van der Waals surface area contributed by atoms with Gasteiger partial charge in [-0.25, -0.2) is 8.42 Å². The maximum atomic E-state index is 12.9. The average molecular weight is 421 g/mol. The summed E-state index contributed by atoms with van der Waals surface area (Å²) in [4.78, 5) is 23.4. The number of carbonyl (C=O) groups is 1. The molecule has 0 unspecified atom stereocenters. The van der Waals surface area contributed by atoms with Crippen LogP contribution in [0, 0.1) is 10.1 Å². The molecule has 0 radical (unpaired) electrons. The lowest BCUT2D eigenvalue weighted by atomic mass is 10.1. The highest BCUT2D eigenvalue weighted by atomic mass is 32.2. The number of sulfonamides is 1. The third-order valence-corrected chi connectivity index (χ3v) is 5.22. The van der Waals surface area contributed by atoms with E-state index in [1.807, 2.05) is 6.92 Å². The largest absolute Gasteiger partial charge is 0.494 e. The van der Waals surface area contributed by atoms with Gasteiger partial charge in [-0.2, -0.15) is 0 Å².